The van der Waals surface area contributed by atoms with Gasteiger partial charge in [0.1, 0.15) is 5.75 Å². The number of hydrogen-bond acceptors (Lipinski definition) is 3. The molecule has 0 atom stereocenters. The van der Waals surface area contributed by atoms with E-state index < -0.39 is 5.82 Å². The molecule has 88 valence electrons. The largest absolute Gasteiger partial charge is 0.454 e. The fourth-order valence-electron chi connectivity index (χ4n) is 1.45. The van der Waals surface area contributed by atoms with Crippen LogP contribution in [-0.2, 0) is 6.54 Å². The third-order valence-electron chi connectivity index (χ3n) is 2.42. The SMILES string of the molecule is Cc1cnccc1Oc1ccc(CN)cc1F. The molecule has 1 aromatic heterocycles. The van der Waals surface area contributed by atoms with Gasteiger partial charge in [-0.05, 0) is 30.7 Å². The number of nitrogens with two attached hydrogens (primary N) is 1. The van der Waals surface area contributed by atoms with E-state index >= 15 is 0 Å². The molecule has 4 heteroatoms. The molecule has 0 saturated heterocycles. The van der Waals surface area contributed by atoms with Crippen molar-refractivity contribution in [3.05, 3.63) is 53.6 Å². The summed E-state index contributed by atoms with van der Waals surface area (Å²) in [6, 6.07) is 6.41. The minimum Gasteiger partial charge on any atom is -0.454 e. The van der Waals surface area contributed by atoms with E-state index in [-0.39, 0.29) is 5.75 Å². The first-order valence-electron chi connectivity index (χ1n) is 5.27. The summed E-state index contributed by atoms with van der Waals surface area (Å²) < 4.78 is 19.1. The second-order valence-electron chi connectivity index (χ2n) is 3.71. The lowest BCUT2D eigenvalue weighted by molar-refractivity contribution is 0.438. The van der Waals surface area contributed by atoms with Gasteiger partial charge in [0.2, 0.25) is 0 Å². The zero-order chi connectivity index (χ0) is 12.3. The maximum atomic E-state index is 13.7. The lowest BCUT2D eigenvalue weighted by atomic mass is 10.2. The van der Waals surface area contributed by atoms with Crippen LogP contribution in [0.1, 0.15) is 11.1 Å². The number of hydrogen-bond donors (Lipinski definition) is 1. The number of ether oxygens (including phenoxy) is 1. The van der Waals surface area contributed by atoms with Crippen molar-refractivity contribution >= 4 is 0 Å². The molecule has 1 aromatic carbocycles. The normalized spacial score (nSPS) is 10.3. The summed E-state index contributed by atoms with van der Waals surface area (Å²) in [4.78, 5) is 3.95. The highest BCUT2D eigenvalue weighted by molar-refractivity contribution is 5.37. The predicted molar refractivity (Wildman–Crippen MR) is 63.3 cm³/mol. The molecule has 0 aliphatic carbocycles. The summed E-state index contributed by atoms with van der Waals surface area (Å²) in [5.41, 5.74) is 7.02. The molecule has 0 amide bonds. The van der Waals surface area contributed by atoms with Crippen molar-refractivity contribution in [2.75, 3.05) is 0 Å². The Kier molecular flexibility index (Phi) is 3.35. The van der Waals surface area contributed by atoms with Crippen LogP contribution in [0.25, 0.3) is 0 Å². The van der Waals surface area contributed by atoms with Crippen molar-refractivity contribution in [2.45, 2.75) is 13.5 Å². The van der Waals surface area contributed by atoms with Crippen molar-refractivity contribution in [2.24, 2.45) is 5.73 Å². The van der Waals surface area contributed by atoms with E-state index in [0.29, 0.717) is 12.3 Å². The third-order valence-corrected chi connectivity index (χ3v) is 2.42. The number of halogens is 1. The standard InChI is InChI=1S/C13H13FN2O/c1-9-8-16-5-4-12(9)17-13-3-2-10(7-15)6-11(13)14/h2-6,8H,7,15H2,1H3. The van der Waals surface area contributed by atoms with Crippen LogP contribution in [0, 0.1) is 12.7 Å². The molecule has 0 aliphatic heterocycles. The average Bonchev–Trinajstić information content (AvgIpc) is 2.34. The van der Waals surface area contributed by atoms with E-state index in [1.54, 1.807) is 30.6 Å². The summed E-state index contributed by atoms with van der Waals surface area (Å²) in [5.74, 6) is 0.375. The van der Waals surface area contributed by atoms with Gasteiger partial charge in [-0.25, -0.2) is 4.39 Å². The second-order valence-corrected chi connectivity index (χ2v) is 3.71. The van der Waals surface area contributed by atoms with E-state index in [9.17, 15) is 4.39 Å². The summed E-state index contributed by atoms with van der Waals surface area (Å²) >= 11 is 0. The Hall–Kier alpha value is -1.94. The monoisotopic (exact) mass is 232 g/mol. The van der Waals surface area contributed by atoms with Crippen LogP contribution >= 0.6 is 0 Å². The van der Waals surface area contributed by atoms with Gasteiger partial charge in [-0.1, -0.05) is 6.07 Å². The van der Waals surface area contributed by atoms with Gasteiger partial charge in [0, 0.05) is 24.5 Å². The molecule has 0 aliphatic rings. The number of benzene rings is 1. The Labute approximate surface area is 99.1 Å². The quantitative estimate of drug-likeness (QED) is 0.885. The highest BCUT2D eigenvalue weighted by Gasteiger charge is 2.07. The first-order valence-corrected chi connectivity index (χ1v) is 5.27. The summed E-state index contributed by atoms with van der Waals surface area (Å²) in [6.07, 6.45) is 3.27. The van der Waals surface area contributed by atoms with Crippen molar-refractivity contribution < 1.29 is 9.13 Å². The van der Waals surface area contributed by atoms with Gasteiger partial charge < -0.3 is 10.5 Å². The summed E-state index contributed by atoms with van der Waals surface area (Å²) in [7, 11) is 0. The zero-order valence-electron chi connectivity index (χ0n) is 9.48. The van der Waals surface area contributed by atoms with Crippen LogP contribution in [0.4, 0.5) is 4.39 Å². The molecule has 0 unspecified atom stereocenters. The van der Waals surface area contributed by atoms with Crippen molar-refractivity contribution in [3.8, 4) is 11.5 Å². The fraction of sp³-hybridized carbons (Fsp3) is 0.154. The Morgan fingerprint density at radius 3 is 2.76 bits per heavy atom. The lowest BCUT2D eigenvalue weighted by Crippen LogP contribution is -1.98. The Balaban J connectivity index is 2.28. The minimum atomic E-state index is -0.413. The number of nitrogens with zero attached hydrogens (tertiary/aromatic N) is 1. The molecular weight excluding hydrogens is 219 g/mol. The fourth-order valence-corrected chi connectivity index (χ4v) is 1.45. The molecule has 0 spiro atoms. The molecule has 0 saturated carbocycles. The van der Waals surface area contributed by atoms with Gasteiger partial charge in [-0.2, -0.15) is 0 Å². The molecule has 0 radical (unpaired) electrons. The van der Waals surface area contributed by atoms with Crippen molar-refractivity contribution in [1.82, 2.24) is 4.98 Å². The number of rotatable bonds is 3. The molecule has 0 bridgehead atoms. The molecule has 1 heterocycles. The van der Waals surface area contributed by atoms with Gasteiger partial charge in [0.15, 0.2) is 11.6 Å². The smallest absolute Gasteiger partial charge is 0.166 e. The Morgan fingerprint density at radius 2 is 2.12 bits per heavy atom. The van der Waals surface area contributed by atoms with Crippen LogP contribution in [-0.4, -0.2) is 4.98 Å². The Bertz CT molecular complexity index is 529. The molecule has 2 aromatic rings. The van der Waals surface area contributed by atoms with Gasteiger partial charge in [0.05, 0.1) is 0 Å². The van der Waals surface area contributed by atoms with Gasteiger partial charge in [0.25, 0.3) is 0 Å². The second kappa shape index (κ2) is 4.93. The van der Waals surface area contributed by atoms with E-state index in [4.69, 9.17) is 10.5 Å². The van der Waals surface area contributed by atoms with Crippen LogP contribution in [0.3, 0.4) is 0 Å². The first-order chi connectivity index (χ1) is 8.20. The number of pyridine rings is 1. The number of aromatic nitrogens is 1. The van der Waals surface area contributed by atoms with Crippen LogP contribution in [0.15, 0.2) is 36.7 Å². The molecule has 2 N–H and O–H groups in total. The van der Waals surface area contributed by atoms with Crippen molar-refractivity contribution in [1.29, 1.82) is 0 Å². The topological polar surface area (TPSA) is 48.1 Å². The van der Waals surface area contributed by atoms with E-state index in [0.717, 1.165) is 11.1 Å². The zero-order valence-corrected chi connectivity index (χ0v) is 9.48. The van der Waals surface area contributed by atoms with E-state index in [1.165, 1.54) is 6.07 Å². The highest BCUT2D eigenvalue weighted by Crippen LogP contribution is 2.26. The van der Waals surface area contributed by atoms with Gasteiger partial charge in [-0.15, -0.1) is 0 Å². The summed E-state index contributed by atoms with van der Waals surface area (Å²) in [5, 5.41) is 0. The maximum absolute atomic E-state index is 13.7. The first kappa shape index (κ1) is 11.5. The van der Waals surface area contributed by atoms with Gasteiger partial charge >= 0.3 is 0 Å². The number of aryl methyl sites for hydroxylation is 1. The molecular formula is C13H13FN2O. The predicted octanol–water partition coefficient (Wildman–Crippen LogP) is 2.78. The van der Waals surface area contributed by atoms with Crippen LogP contribution < -0.4 is 10.5 Å². The van der Waals surface area contributed by atoms with Gasteiger partial charge in [-0.3, -0.25) is 4.98 Å². The maximum Gasteiger partial charge on any atom is 0.166 e. The summed E-state index contributed by atoms with van der Waals surface area (Å²) in [6.45, 7) is 2.17. The molecule has 17 heavy (non-hydrogen) atoms. The Morgan fingerprint density at radius 1 is 1.29 bits per heavy atom. The average molecular weight is 232 g/mol. The lowest BCUT2D eigenvalue weighted by Gasteiger charge is -2.09. The van der Waals surface area contributed by atoms with Crippen molar-refractivity contribution in [3.63, 3.8) is 0 Å². The van der Waals surface area contributed by atoms with Crippen LogP contribution in [0.5, 0.6) is 11.5 Å². The third kappa shape index (κ3) is 2.60. The van der Waals surface area contributed by atoms with E-state index in [2.05, 4.69) is 4.98 Å². The van der Waals surface area contributed by atoms with E-state index in [1.807, 2.05) is 6.92 Å². The minimum absolute atomic E-state index is 0.191. The highest BCUT2D eigenvalue weighted by atomic mass is 19.1. The molecule has 2 rings (SSSR count). The molecule has 0 fully saturated rings. The molecule has 3 nitrogen and oxygen atoms in total. The van der Waals surface area contributed by atoms with Crippen LogP contribution in [0.2, 0.25) is 0 Å².